The minimum atomic E-state index is -0.425. The molecule has 17 heavy (non-hydrogen) atoms. The molecule has 0 bridgehead atoms. The number of nitrogens with zero attached hydrogens (tertiary/aromatic N) is 1. The molecular formula is C11H11ClN2O3. The van der Waals surface area contributed by atoms with E-state index in [0.717, 1.165) is 0 Å². The van der Waals surface area contributed by atoms with Gasteiger partial charge in [0.2, 0.25) is 5.91 Å². The molecular weight excluding hydrogens is 244 g/mol. The standard InChI is InChI=1S/C11H11ClN2O3/c1-17-9-6-7(2-3-8(9)12)14-5-4-10(15)13-11(14)16/h2-3,6H,4-5H2,1H3,(H,13,15,16). The molecule has 1 aromatic carbocycles. The second kappa shape index (κ2) is 4.63. The number of anilines is 1. The Morgan fingerprint density at radius 1 is 1.41 bits per heavy atom. The minimum Gasteiger partial charge on any atom is -0.495 e. The number of ether oxygens (including phenoxy) is 1. The highest BCUT2D eigenvalue weighted by atomic mass is 35.5. The van der Waals surface area contributed by atoms with Gasteiger partial charge in [0, 0.05) is 24.7 Å². The van der Waals surface area contributed by atoms with Crippen molar-refractivity contribution in [3.63, 3.8) is 0 Å². The summed E-state index contributed by atoms with van der Waals surface area (Å²) in [6, 6.07) is 4.60. The van der Waals surface area contributed by atoms with Gasteiger partial charge in [0.05, 0.1) is 12.1 Å². The van der Waals surface area contributed by atoms with Gasteiger partial charge >= 0.3 is 6.03 Å². The van der Waals surface area contributed by atoms with Crippen molar-refractivity contribution in [2.75, 3.05) is 18.6 Å². The number of carbonyl (C=O) groups excluding carboxylic acids is 2. The first-order valence-corrected chi connectivity index (χ1v) is 5.44. The van der Waals surface area contributed by atoms with Gasteiger partial charge in [-0.25, -0.2) is 4.79 Å². The summed E-state index contributed by atoms with van der Waals surface area (Å²) in [5, 5.41) is 2.73. The van der Waals surface area contributed by atoms with Crippen molar-refractivity contribution in [1.82, 2.24) is 5.32 Å². The molecule has 0 saturated carbocycles. The number of methoxy groups -OCH3 is 1. The SMILES string of the molecule is COc1cc(N2CCC(=O)NC2=O)ccc1Cl. The molecule has 1 heterocycles. The number of rotatable bonds is 2. The maximum atomic E-state index is 11.6. The van der Waals surface area contributed by atoms with Crippen LogP contribution in [0.2, 0.25) is 5.02 Å². The van der Waals surface area contributed by atoms with E-state index in [0.29, 0.717) is 23.0 Å². The van der Waals surface area contributed by atoms with Crippen molar-refractivity contribution >= 4 is 29.2 Å². The van der Waals surface area contributed by atoms with E-state index in [1.807, 2.05) is 0 Å². The van der Waals surface area contributed by atoms with Gasteiger partial charge < -0.3 is 4.74 Å². The summed E-state index contributed by atoms with van der Waals surface area (Å²) in [4.78, 5) is 24.1. The van der Waals surface area contributed by atoms with Crippen LogP contribution in [0.25, 0.3) is 0 Å². The van der Waals surface area contributed by atoms with Gasteiger partial charge in [-0.15, -0.1) is 0 Å². The largest absolute Gasteiger partial charge is 0.495 e. The van der Waals surface area contributed by atoms with Crippen LogP contribution in [-0.4, -0.2) is 25.6 Å². The van der Waals surface area contributed by atoms with Gasteiger partial charge in [0.1, 0.15) is 5.75 Å². The van der Waals surface area contributed by atoms with Gasteiger partial charge in [-0.05, 0) is 12.1 Å². The lowest BCUT2D eigenvalue weighted by Crippen LogP contribution is -2.49. The van der Waals surface area contributed by atoms with Crippen molar-refractivity contribution in [1.29, 1.82) is 0 Å². The molecule has 0 atom stereocenters. The van der Waals surface area contributed by atoms with Crippen molar-refractivity contribution < 1.29 is 14.3 Å². The summed E-state index contributed by atoms with van der Waals surface area (Å²) in [5.74, 6) is 0.237. The lowest BCUT2D eigenvalue weighted by molar-refractivity contribution is -0.120. The average Bonchev–Trinajstić information content (AvgIpc) is 2.30. The van der Waals surface area contributed by atoms with E-state index >= 15 is 0 Å². The second-order valence-corrected chi connectivity index (χ2v) is 3.98. The zero-order valence-electron chi connectivity index (χ0n) is 9.20. The Morgan fingerprint density at radius 3 is 2.82 bits per heavy atom. The van der Waals surface area contributed by atoms with E-state index in [2.05, 4.69) is 5.32 Å². The Kier molecular flexibility index (Phi) is 3.19. The fourth-order valence-electron chi connectivity index (χ4n) is 1.63. The number of carbonyl (C=O) groups is 2. The maximum absolute atomic E-state index is 11.6. The summed E-state index contributed by atoms with van der Waals surface area (Å²) < 4.78 is 5.08. The van der Waals surface area contributed by atoms with Crippen molar-refractivity contribution in [2.24, 2.45) is 0 Å². The monoisotopic (exact) mass is 254 g/mol. The molecule has 1 saturated heterocycles. The van der Waals surface area contributed by atoms with Gasteiger partial charge in [-0.2, -0.15) is 0 Å². The van der Waals surface area contributed by atoms with Crippen molar-refractivity contribution in [2.45, 2.75) is 6.42 Å². The van der Waals surface area contributed by atoms with Crippen LogP contribution in [0.5, 0.6) is 5.75 Å². The Balaban J connectivity index is 2.28. The van der Waals surface area contributed by atoms with E-state index in [9.17, 15) is 9.59 Å². The van der Waals surface area contributed by atoms with E-state index in [1.54, 1.807) is 18.2 Å². The molecule has 6 heteroatoms. The molecule has 0 radical (unpaired) electrons. The Hall–Kier alpha value is -1.75. The first-order chi connectivity index (χ1) is 8.11. The Morgan fingerprint density at radius 2 is 2.18 bits per heavy atom. The third kappa shape index (κ3) is 2.34. The van der Waals surface area contributed by atoms with E-state index in [1.165, 1.54) is 12.0 Å². The van der Waals surface area contributed by atoms with Gasteiger partial charge in [0.15, 0.2) is 0 Å². The van der Waals surface area contributed by atoms with E-state index < -0.39 is 6.03 Å². The number of hydrogen-bond donors (Lipinski definition) is 1. The molecule has 2 rings (SSSR count). The fraction of sp³-hybridized carbons (Fsp3) is 0.273. The number of halogens is 1. The summed E-state index contributed by atoms with van der Waals surface area (Å²) >= 11 is 5.90. The zero-order valence-corrected chi connectivity index (χ0v) is 9.95. The predicted molar refractivity (Wildman–Crippen MR) is 63.5 cm³/mol. The van der Waals surface area contributed by atoms with Crippen LogP contribution < -0.4 is 15.0 Å². The quantitative estimate of drug-likeness (QED) is 0.875. The highest BCUT2D eigenvalue weighted by molar-refractivity contribution is 6.32. The molecule has 0 spiro atoms. The number of nitrogens with one attached hydrogen (secondary N) is 1. The average molecular weight is 255 g/mol. The van der Waals surface area contributed by atoms with Crippen molar-refractivity contribution in [3.05, 3.63) is 23.2 Å². The van der Waals surface area contributed by atoms with Crippen LogP contribution in [0, 0.1) is 0 Å². The molecule has 0 aliphatic carbocycles. The highest BCUT2D eigenvalue weighted by Gasteiger charge is 2.24. The molecule has 1 aliphatic rings. The second-order valence-electron chi connectivity index (χ2n) is 3.57. The van der Waals surface area contributed by atoms with Gasteiger partial charge in [0.25, 0.3) is 0 Å². The number of urea groups is 1. The molecule has 0 unspecified atom stereocenters. The minimum absolute atomic E-state index is 0.257. The molecule has 5 nitrogen and oxygen atoms in total. The highest BCUT2D eigenvalue weighted by Crippen LogP contribution is 2.29. The summed E-state index contributed by atoms with van der Waals surface area (Å²) in [5.41, 5.74) is 0.649. The molecule has 1 aliphatic heterocycles. The van der Waals surface area contributed by atoms with E-state index in [-0.39, 0.29) is 12.3 Å². The zero-order chi connectivity index (χ0) is 12.4. The number of imide groups is 1. The molecule has 3 amide bonds. The fourth-order valence-corrected chi connectivity index (χ4v) is 1.82. The Bertz CT molecular complexity index is 476. The number of amides is 3. The first kappa shape index (κ1) is 11.7. The summed E-state index contributed by atoms with van der Waals surface area (Å²) in [6.07, 6.45) is 0.288. The number of hydrogen-bond acceptors (Lipinski definition) is 3. The van der Waals surface area contributed by atoms with Gasteiger partial charge in [-0.3, -0.25) is 15.0 Å². The number of benzene rings is 1. The van der Waals surface area contributed by atoms with Crippen LogP contribution in [0.4, 0.5) is 10.5 Å². The van der Waals surface area contributed by atoms with Crippen LogP contribution in [0.15, 0.2) is 18.2 Å². The molecule has 0 aromatic heterocycles. The van der Waals surface area contributed by atoms with E-state index in [4.69, 9.17) is 16.3 Å². The lowest BCUT2D eigenvalue weighted by atomic mass is 10.2. The third-order valence-corrected chi connectivity index (χ3v) is 2.81. The van der Waals surface area contributed by atoms with Crippen LogP contribution in [-0.2, 0) is 4.79 Å². The maximum Gasteiger partial charge on any atom is 0.328 e. The van der Waals surface area contributed by atoms with Crippen LogP contribution >= 0.6 is 11.6 Å². The Labute approximate surface area is 103 Å². The lowest BCUT2D eigenvalue weighted by Gasteiger charge is -2.26. The molecule has 90 valence electrons. The van der Waals surface area contributed by atoms with Crippen LogP contribution in [0.1, 0.15) is 6.42 Å². The van der Waals surface area contributed by atoms with Crippen molar-refractivity contribution in [3.8, 4) is 5.75 Å². The molecule has 1 fully saturated rings. The first-order valence-electron chi connectivity index (χ1n) is 5.06. The van der Waals surface area contributed by atoms with Crippen LogP contribution in [0.3, 0.4) is 0 Å². The normalized spacial score (nSPS) is 15.8. The third-order valence-electron chi connectivity index (χ3n) is 2.50. The summed E-state index contributed by atoms with van der Waals surface area (Å²) in [6.45, 7) is 0.357. The predicted octanol–water partition coefficient (Wildman–Crippen LogP) is 1.79. The molecule has 1 N–H and O–H groups in total. The smallest absolute Gasteiger partial charge is 0.328 e. The topological polar surface area (TPSA) is 58.6 Å². The summed E-state index contributed by atoms with van der Waals surface area (Å²) in [7, 11) is 1.50. The molecule has 1 aromatic rings. The van der Waals surface area contributed by atoms with Gasteiger partial charge in [-0.1, -0.05) is 11.6 Å².